The van der Waals surface area contributed by atoms with Crippen molar-refractivity contribution in [2.45, 2.75) is 63.1 Å². The Balaban J connectivity index is 1.77. The highest BCUT2D eigenvalue weighted by atomic mass is 16.5. The maximum absolute atomic E-state index is 5.65. The van der Waals surface area contributed by atoms with Crippen LogP contribution in [0.4, 0.5) is 0 Å². The van der Waals surface area contributed by atoms with Crippen molar-refractivity contribution in [3.8, 4) is 0 Å². The average molecular weight is 238 g/mol. The summed E-state index contributed by atoms with van der Waals surface area (Å²) >= 11 is 0. The van der Waals surface area contributed by atoms with Gasteiger partial charge in [0.15, 0.2) is 0 Å². The van der Waals surface area contributed by atoms with Crippen LogP contribution in [0.15, 0.2) is 0 Å². The number of ether oxygens (including phenoxy) is 1. The molecule has 0 aromatic heterocycles. The van der Waals surface area contributed by atoms with Crippen molar-refractivity contribution in [3.63, 3.8) is 0 Å². The largest absolute Gasteiger partial charge is 0.379 e. The summed E-state index contributed by atoms with van der Waals surface area (Å²) in [6, 6.07) is 0.646. The van der Waals surface area contributed by atoms with Crippen molar-refractivity contribution in [1.82, 2.24) is 10.2 Å². The van der Waals surface area contributed by atoms with Gasteiger partial charge in [-0.25, -0.2) is 0 Å². The van der Waals surface area contributed by atoms with Gasteiger partial charge in [0.25, 0.3) is 0 Å². The molecule has 2 saturated heterocycles. The van der Waals surface area contributed by atoms with E-state index in [1.807, 2.05) is 0 Å². The topological polar surface area (TPSA) is 24.5 Å². The SMILES string of the molecule is CC1CNC2(CCCC2)CN1C1(C)CCOC1. The fraction of sp³-hybridized carbons (Fsp3) is 1.00. The molecule has 17 heavy (non-hydrogen) atoms. The monoisotopic (exact) mass is 238 g/mol. The first-order valence-corrected chi connectivity index (χ1v) is 7.23. The summed E-state index contributed by atoms with van der Waals surface area (Å²) in [6.07, 6.45) is 6.75. The molecule has 3 rings (SSSR count). The second kappa shape index (κ2) is 4.22. The fourth-order valence-corrected chi connectivity index (χ4v) is 4.00. The van der Waals surface area contributed by atoms with Gasteiger partial charge < -0.3 is 10.1 Å². The number of nitrogens with zero attached hydrogens (tertiary/aromatic N) is 1. The number of piperazine rings is 1. The van der Waals surface area contributed by atoms with Crippen LogP contribution in [0.5, 0.6) is 0 Å². The van der Waals surface area contributed by atoms with Gasteiger partial charge in [-0.2, -0.15) is 0 Å². The van der Waals surface area contributed by atoms with E-state index >= 15 is 0 Å². The van der Waals surface area contributed by atoms with Crippen LogP contribution >= 0.6 is 0 Å². The minimum Gasteiger partial charge on any atom is -0.379 e. The Morgan fingerprint density at radius 1 is 1.24 bits per heavy atom. The molecule has 98 valence electrons. The van der Waals surface area contributed by atoms with Gasteiger partial charge in [0.05, 0.1) is 6.61 Å². The van der Waals surface area contributed by atoms with Gasteiger partial charge in [-0.05, 0) is 33.1 Å². The molecule has 3 heteroatoms. The van der Waals surface area contributed by atoms with E-state index in [9.17, 15) is 0 Å². The lowest BCUT2D eigenvalue weighted by molar-refractivity contribution is -0.00618. The molecule has 2 aliphatic heterocycles. The molecule has 0 aromatic carbocycles. The van der Waals surface area contributed by atoms with Crippen molar-refractivity contribution >= 4 is 0 Å². The summed E-state index contributed by atoms with van der Waals surface area (Å²) in [5.41, 5.74) is 0.717. The summed E-state index contributed by atoms with van der Waals surface area (Å²) < 4.78 is 5.65. The lowest BCUT2D eigenvalue weighted by Gasteiger charge is -2.51. The summed E-state index contributed by atoms with van der Waals surface area (Å²) in [5.74, 6) is 0. The Morgan fingerprint density at radius 3 is 2.65 bits per heavy atom. The second-order valence-electron chi connectivity index (χ2n) is 6.64. The van der Waals surface area contributed by atoms with E-state index in [0.717, 1.165) is 19.8 Å². The third kappa shape index (κ3) is 2.02. The molecule has 0 radical (unpaired) electrons. The quantitative estimate of drug-likeness (QED) is 0.753. The molecule has 0 amide bonds. The van der Waals surface area contributed by atoms with Crippen molar-refractivity contribution in [2.75, 3.05) is 26.3 Å². The third-order valence-corrected chi connectivity index (χ3v) is 5.23. The maximum Gasteiger partial charge on any atom is 0.0648 e. The predicted molar refractivity (Wildman–Crippen MR) is 69.2 cm³/mol. The van der Waals surface area contributed by atoms with Crippen LogP contribution in [-0.4, -0.2) is 48.3 Å². The molecule has 0 aromatic rings. The summed E-state index contributed by atoms with van der Waals surface area (Å²) in [6.45, 7) is 9.00. The zero-order valence-electron chi connectivity index (χ0n) is 11.3. The lowest BCUT2D eigenvalue weighted by Crippen LogP contribution is -2.67. The van der Waals surface area contributed by atoms with Crippen LogP contribution in [0.3, 0.4) is 0 Å². The molecule has 2 atom stereocenters. The second-order valence-corrected chi connectivity index (χ2v) is 6.64. The summed E-state index contributed by atoms with van der Waals surface area (Å²) in [4.78, 5) is 2.74. The summed E-state index contributed by atoms with van der Waals surface area (Å²) in [5, 5.41) is 3.83. The number of hydrogen-bond donors (Lipinski definition) is 1. The molecule has 3 fully saturated rings. The Kier molecular flexibility index (Phi) is 2.96. The lowest BCUT2D eigenvalue weighted by atomic mass is 9.87. The Bertz CT molecular complexity index is 280. The normalized spacial score (nSPS) is 42.4. The van der Waals surface area contributed by atoms with E-state index in [0.29, 0.717) is 11.6 Å². The van der Waals surface area contributed by atoms with E-state index in [4.69, 9.17) is 4.74 Å². The van der Waals surface area contributed by atoms with Gasteiger partial charge >= 0.3 is 0 Å². The van der Waals surface area contributed by atoms with Gasteiger partial charge in [-0.1, -0.05) is 12.8 Å². The highest BCUT2D eigenvalue weighted by molar-refractivity contribution is 5.05. The smallest absolute Gasteiger partial charge is 0.0648 e. The number of rotatable bonds is 1. The number of hydrogen-bond acceptors (Lipinski definition) is 3. The minimum atomic E-state index is 0.289. The maximum atomic E-state index is 5.65. The Morgan fingerprint density at radius 2 is 2.00 bits per heavy atom. The molecule has 1 saturated carbocycles. The predicted octanol–water partition coefficient (Wildman–Crippen LogP) is 1.77. The van der Waals surface area contributed by atoms with E-state index < -0.39 is 0 Å². The van der Waals surface area contributed by atoms with Crippen LogP contribution in [0.25, 0.3) is 0 Å². The standard InChI is InChI=1S/C14H26N2O/c1-12-9-15-14(5-3-4-6-14)10-16(12)13(2)7-8-17-11-13/h12,15H,3-11H2,1-2H3. The van der Waals surface area contributed by atoms with Gasteiger partial charge in [-0.15, -0.1) is 0 Å². The zero-order valence-corrected chi connectivity index (χ0v) is 11.3. The molecular formula is C14H26N2O. The van der Waals surface area contributed by atoms with Crippen molar-refractivity contribution in [2.24, 2.45) is 0 Å². The minimum absolute atomic E-state index is 0.289. The molecular weight excluding hydrogens is 212 g/mol. The first kappa shape index (κ1) is 11.9. The molecule has 3 nitrogen and oxygen atoms in total. The molecule has 3 aliphatic rings. The first-order valence-electron chi connectivity index (χ1n) is 7.23. The Labute approximate surface area is 105 Å². The van der Waals surface area contributed by atoms with Crippen molar-refractivity contribution in [3.05, 3.63) is 0 Å². The van der Waals surface area contributed by atoms with E-state index in [1.165, 1.54) is 38.6 Å². The van der Waals surface area contributed by atoms with Crippen LogP contribution in [0.1, 0.15) is 46.0 Å². The van der Waals surface area contributed by atoms with E-state index in [2.05, 4.69) is 24.1 Å². The zero-order chi connectivity index (χ0) is 11.9. The molecule has 1 spiro atoms. The average Bonchev–Trinajstić information content (AvgIpc) is 2.93. The molecule has 1 aliphatic carbocycles. The molecule has 2 unspecified atom stereocenters. The first-order chi connectivity index (χ1) is 8.14. The highest BCUT2D eigenvalue weighted by Crippen LogP contribution is 2.37. The van der Waals surface area contributed by atoms with E-state index in [1.54, 1.807) is 0 Å². The summed E-state index contributed by atoms with van der Waals surface area (Å²) in [7, 11) is 0. The van der Waals surface area contributed by atoms with Crippen LogP contribution in [0.2, 0.25) is 0 Å². The van der Waals surface area contributed by atoms with Crippen LogP contribution < -0.4 is 5.32 Å². The molecule has 2 heterocycles. The molecule has 0 bridgehead atoms. The van der Waals surface area contributed by atoms with Gasteiger partial charge in [0.2, 0.25) is 0 Å². The van der Waals surface area contributed by atoms with Gasteiger partial charge in [-0.3, -0.25) is 4.90 Å². The molecule has 1 N–H and O–H groups in total. The van der Waals surface area contributed by atoms with Gasteiger partial charge in [0.1, 0.15) is 0 Å². The highest BCUT2D eigenvalue weighted by Gasteiger charge is 2.47. The number of nitrogens with one attached hydrogen (secondary N) is 1. The Hall–Kier alpha value is -0.120. The van der Waals surface area contributed by atoms with Crippen LogP contribution in [-0.2, 0) is 4.74 Å². The fourth-order valence-electron chi connectivity index (χ4n) is 4.00. The van der Waals surface area contributed by atoms with E-state index in [-0.39, 0.29) is 5.54 Å². The van der Waals surface area contributed by atoms with Crippen molar-refractivity contribution in [1.29, 1.82) is 0 Å². The van der Waals surface area contributed by atoms with Crippen LogP contribution in [0, 0.1) is 0 Å². The van der Waals surface area contributed by atoms with Gasteiger partial charge in [0, 0.05) is 36.8 Å². The van der Waals surface area contributed by atoms with Crippen molar-refractivity contribution < 1.29 is 4.74 Å². The third-order valence-electron chi connectivity index (χ3n) is 5.23.